The van der Waals surface area contributed by atoms with E-state index >= 15 is 0 Å². The lowest BCUT2D eigenvalue weighted by atomic mass is 9.94. The highest BCUT2D eigenvalue weighted by Crippen LogP contribution is 2.32. The lowest BCUT2D eigenvalue weighted by Crippen LogP contribution is -2.35. The van der Waals surface area contributed by atoms with Crippen molar-refractivity contribution >= 4 is 15.9 Å². The maximum absolute atomic E-state index is 13.9. The number of halogens is 2. The van der Waals surface area contributed by atoms with Crippen molar-refractivity contribution in [2.24, 2.45) is 0 Å². The summed E-state index contributed by atoms with van der Waals surface area (Å²) in [4.78, 5) is 0. The average molecular weight is 314 g/mol. The third-order valence-corrected chi connectivity index (χ3v) is 4.22. The predicted molar refractivity (Wildman–Crippen MR) is 77.6 cm³/mol. The Balaban J connectivity index is 2.08. The van der Waals surface area contributed by atoms with Crippen LogP contribution in [0.5, 0.6) is 0 Å². The minimum Gasteiger partial charge on any atom is -0.314 e. The number of nitrogens with one attached hydrogen (secondary N) is 1. The molecule has 0 radical (unpaired) electrons. The van der Waals surface area contributed by atoms with Gasteiger partial charge in [-0.15, -0.1) is 0 Å². The van der Waals surface area contributed by atoms with Crippen molar-refractivity contribution in [1.82, 2.24) is 5.32 Å². The second kappa shape index (κ2) is 5.70. The number of benzene rings is 1. The van der Waals surface area contributed by atoms with Gasteiger partial charge in [-0.1, -0.05) is 34.5 Å². The Morgan fingerprint density at radius 2 is 2.17 bits per heavy atom. The molecule has 1 unspecified atom stereocenters. The fourth-order valence-corrected chi connectivity index (χ4v) is 3.45. The first-order valence-corrected chi connectivity index (χ1v) is 7.47. The Morgan fingerprint density at radius 3 is 2.72 bits per heavy atom. The van der Waals surface area contributed by atoms with Crippen LogP contribution < -0.4 is 5.32 Å². The van der Waals surface area contributed by atoms with Crippen LogP contribution in [0.2, 0.25) is 0 Å². The van der Waals surface area contributed by atoms with Crippen molar-refractivity contribution in [2.45, 2.75) is 51.2 Å². The van der Waals surface area contributed by atoms with Crippen molar-refractivity contribution in [3.63, 3.8) is 0 Å². The summed E-state index contributed by atoms with van der Waals surface area (Å²) in [5, 5.41) is 3.54. The van der Waals surface area contributed by atoms with Crippen LogP contribution in [0.4, 0.5) is 4.39 Å². The van der Waals surface area contributed by atoms with E-state index in [0.717, 1.165) is 23.0 Å². The number of alkyl halides is 1. The zero-order chi connectivity index (χ0) is 13.2. The van der Waals surface area contributed by atoms with Crippen LogP contribution in [0.1, 0.15) is 44.2 Å². The molecule has 1 fully saturated rings. The predicted octanol–water partition coefficient (Wildman–Crippen LogP) is 4.34. The van der Waals surface area contributed by atoms with E-state index < -0.39 is 5.67 Å². The highest BCUT2D eigenvalue weighted by molar-refractivity contribution is 9.10. The number of hydrogen-bond donors (Lipinski definition) is 1. The Bertz CT molecular complexity index is 405. The molecule has 2 rings (SSSR count). The molecule has 1 nitrogen and oxygen atoms in total. The highest BCUT2D eigenvalue weighted by Gasteiger charge is 2.22. The first-order valence-electron chi connectivity index (χ1n) is 6.68. The molecule has 0 saturated carbocycles. The van der Waals surface area contributed by atoms with Gasteiger partial charge in [0.1, 0.15) is 5.67 Å². The fraction of sp³-hybridized carbons (Fsp3) is 0.600. The smallest absolute Gasteiger partial charge is 0.131 e. The molecule has 0 aromatic heterocycles. The normalized spacial score (nSPS) is 21.0. The summed E-state index contributed by atoms with van der Waals surface area (Å²) in [5.74, 6) is 0. The molecule has 1 aromatic carbocycles. The molecule has 18 heavy (non-hydrogen) atoms. The van der Waals surface area contributed by atoms with E-state index in [-0.39, 0.29) is 0 Å². The van der Waals surface area contributed by atoms with Crippen LogP contribution in [0.15, 0.2) is 22.7 Å². The van der Waals surface area contributed by atoms with Gasteiger partial charge in [-0.3, -0.25) is 0 Å². The topological polar surface area (TPSA) is 12.0 Å². The maximum atomic E-state index is 13.9. The zero-order valence-electron chi connectivity index (χ0n) is 11.1. The highest BCUT2D eigenvalue weighted by atomic mass is 79.9. The summed E-state index contributed by atoms with van der Waals surface area (Å²) in [5.41, 5.74) is 0.706. The van der Waals surface area contributed by atoms with Crippen LogP contribution in [0.3, 0.4) is 0 Å². The Labute approximate surface area is 117 Å². The monoisotopic (exact) mass is 313 g/mol. The van der Waals surface area contributed by atoms with Crippen LogP contribution >= 0.6 is 15.9 Å². The summed E-state index contributed by atoms with van der Waals surface area (Å²) in [6.07, 6.45) is 4.88. The first-order chi connectivity index (χ1) is 8.47. The summed E-state index contributed by atoms with van der Waals surface area (Å²) < 4.78 is 14.8. The first kappa shape index (κ1) is 14.0. The second-order valence-corrected chi connectivity index (χ2v) is 6.49. The number of rotatable bonds is 3. The van der Waals surface area contributed by atoms with Gasteiger partial charge in [-0.05, 0) is 51.3 Å². The van der Waals surface area contributed by atoms with Crippen LogP contribution in [-0.4, -0.2) is 12.6 Å². The number of hydrogen-bond acceptors (Lipinski definition) is 1. The Morgan fingerprint density at radius 1 is 1.39 bits per heavy atom. The average Bonchev–Trinajstić information content (AvgIpc) is 2.28. The van der Waals surface area contributed by atoms with Crippen molar-refractivity contribution in [3.05, 3.63) is 33.8 Å². The molecule has 0 spiro atoms. The summed E-state index contributed by atoms with van der Waals surface area (Å²) in [6.45, 7) is 4.31. The molecule has 1 heterocycles. The van der Waals surface area contributed by atoms with Gasteiger partial charge in [0.25, 0.3) is 0 Å². The molecule has 1 aromatic rings. The Kier molecular flexibility index (Phi) is 4.44. The molecule has 0 bridgehead atoms. The van der Waals surface area contributed by atoms with Gasteiger partial charge in [0.15, 0.2) is 0 Å². The molecule has 100 valence electrons. The van der Waals surface area contributed by atoms with Crippen LogP contribution in [0, 0.1) is 0 Å². The van der Waals surface area contributed by atoms with Crippen molar-refractivity contribution in [1.29, 1.82) is 0 Å². The van der Waals surface area contributed by atoms with E-state index in [4.69, 9.17) is 0 Å². The van der Waals surface area contributed by atoms with E-state index in [2.05, 4.69) is 33.4 Å². The largest absolute Gasteiger partial charge is 0.314 e. The van der Waals surface area contributed by atoms with Crippen molar-refractivity contribution in [2.75, 3.05) is 6.54 Å². The lowest BCUT2D eigenvalue weighted by Gasteiger charge is -2.24. The van der Waals surface area contributed by atoms with Crippen LogP contribution in [-0.2, 0) is 12.1 Å². The van der Waals surface area contributed by atoms with Gasteiger partial charge in [0, 0.05) is 16.1 Å². The SMILES string of the molecule is CC(C)(F)c1ccc(CC2CCCCN2)cc1Br. The molecule has 0 aliphatic carbocycles. The fourth-order valence-electron chi connectivity index (χ4n) is 2.55. The molecule has 1 atom stereocenters. The van der Waals surface area contributed by atoms with Crippen molar-refractivity contribution in [3.8, 4) is 0 Å². The zero-order valence-corrected chi connectivity index (χ0v) is 12.7. The molecular weight excluding hydrogens is 293 g/mol. The summed E-state index contributed by atoms with van der Waals surface area (Å²) in [7, 11) is 0. The van der Waals surface area contributed by atoms with E-state index in [9.17, 15) is 4.39 Å². The molecular formula is C15H21BrFN. The molecule has 1 saturated heterocycles. The van der Waals surface area contributed by atoms with Gasteiger partial charge in [-0.2, -0.15) is 0 Å². The second-order valence-electron chi connectivity index (χ2n) is 5.64. The Hall–Kier alpha value is -0.410. The minimum absolute atomic E-state index is 0.579. The third kappa shape index (κ3) is 3.55. The third-order valence-electron chi connectivity index (χ3n) is 3.57. The van der Waals surface area contributed by atoms with Crippen molar-refractivity contribution < 1.29 is 4.39 Å². The van der Waals surface area contributed by atoms with Gasteiger partial charge in [0.2, 0.25) is 0 Å². The summed E-state index contributed by atoms with van der Waals surface area (Å²) in [6, 6.07) is 6.60. The minimum atomic E-state index is -1.29. The van der Waals surface area contributed by atoms with Gasteiger partial charge in [0.05, 0.1) is 0 Å². The summed E-state index contributed by atoms with van der Waals surface area (Å²) >= 11 is 3.49. The van der Waals surface area contributed by atoms with Gasteiger partial charge in [-0.25, -0.2) is 4.39 Å². The molecule has 3 heteroatoms. The molecule has 1 aliphatic heterocycles. The van der Waals surface area contributed by atoms with Gasteiger partial charge >= 0.3 is 0 Å². The van der Waals surface area contributed by atoms with E-state index in [1.807, 2.05) is 6.07 Å². The maximum Gasteiger partial charge on any atom is 0.131 e. The molecule has 0 amide bonds. The number of piperidine rings is 1. The van der Waals surface area contributed by atoms with E-state index in [1.54, 1.807) is 13.8 Å². The molecule has 1 aliphatic rings. The van der Waals surface area contributed by atoms with Gasteiger partial charge < -0.3 is 5.32 Å². The van der Waals surface area contributed by atoms with E-state index in [1.165, 1.54) is 24.8 Å². The standard InChI is InChI=1S/C15H21BrFN/c1-15(2,17)13-7-6-11(10-14(13)16)9-12-5-3-4-8-18-12/h6-7,10,12,18H,3-5,8-9H2,1-2H3. The lowest BCUT2D eigenvalue weighted by molar-refractivity contribution is 0.220. The molecule has 1 N–H and O–H groups in total. The quantitative estimate of drug-likeness (QED) is 0.875. The van der Waals surface area contributed by atoms with Crippen LogP contribution in [0.25, 0.3) is 0 Å². The van der Waals surface area contributed by atoms with E-state index in [0.29, 0.717) is 6.04 Å².